The van der Waals surface area contributed by atoms with Gasteiger partial charge in [0.05, 0.1) is 11.7 Å². The van der Waals surface area contributed by atoms with Crippen LogP contribution in [-0.4, -0.2) is 21.6 Å². The zero-order valence-electron chi connectivity index (χ0n) is 15.3. The van der Waals surface area contributed by atoms with E-state index >= 15 is 0 Å². The second-order valence-electron chi connectivity index (χ2n) is 6.78. The minimum atomic E-state index is -0.244. The number of nitrogens with one attached hydrogen (secondary N) is 2. The minimum Gasteiger partial charge on any atom is -0.344 e. The normalized spacial score (nSPS) is 14.1. The maximum atomic E-state index is 12.6. The first-order chi connectivity index (χ1) is 13.5. The summed E-state index contributed by atoms with van der Waals surface area (Å²) >= 11 is 5.91. The Hall–Kier alpha value is -3.12. The zero-order valence-corrected chi connectivity index (χ0v) is 16.0. The summed E-state index contributed by atoms with van der Waals surface area (Å²) in [4.78, 5) is 24.1. The van der Waals surface area contributed by atoms with Crippen LogP contribution in [0.15, 0.2) is 54.7 Å². The predicted molar refractivity (Wildman–Crippen MR) is 108 cm³/mol. The average Bonchev–Trinajstić information content (AvgIpc) is 3.18. The van der Waals surface area contributed by atoms with Crippen molar-refractivity contribution in [3.8, 4) is 5.69 Å². The standard InChI is InChI=1S/C21H19ClN4O2/c1-13(14-2-8-18-15(12-14)3-9-20(27)24-18)23-21(28)19-10-11-26(25-19)17-6-4-16(22)5-7-17/h2,4-8,10-13H,3,9H2,1H3,(H,23,28)(H,24,27). The Balaban J connectivity index is 1.46. The van der Waals surface area contributed by atoms with E-state index in [4.69, 9.17) is 11.6 Å². The predicted octanol–water partition coefficient (Wildman–Crippen LogP) is 3.90. The molecule has 0 fully saturated rings. The summed E-state index contributed by atoms with van der Waals surface area (Å²) in [5.74, 6) is -0.205. The molecule has 2 heterocycles. The molecular formula is C21H19ClN4O2. The van der Waals surface area contributed by atoms with Crippen LogP contribution in [0.4, 0.5) is 5.69 Å². The molecule has 4 rings (SSSR count). The minimum absolute atomic E-state index is 0.0397. The third kappa shape index (κ3) is 3.77. The third-order valence-corrected chi connectivity index (χ3v) is 5.04. The van der Waals surface area contributed by atoms with Crippen LogP contribution < -0.4 is 10.6 Å². The highest BCUT2D eigenvalue weighted by Gasteiger charge is 2.18. The largest absolute Gasteiger partial charge is 0.344 e. The van der Waals surface area contributed by atoms with Gasteiger partial charge in [-0.05, 0) is 60.9 Å². The molecule has 0 aliphatic carbocycles. The fraction of sp³-hybridized carbons (Fsp3) is 0.190. The van der Waals surface area contributed by atoms with Crippen molar-refractivity contribution in [3.63, 3.8) is 0 Å². The van der Waals surface area contributed by atoms with Crippen LogP contribution in [0.3, 0.4) is 0 Å². The average molecular weight is 395 g/mol. The van der Waals surface area contributed by atoms with Crippen molar-refractivity contribution in [2.24, 2.45) is 0 Å². The van der Waals surface area contributed by atoms with E-state index < -0.39 is 0 Å². The highest BCUT2D eigenvalue weighted by Crippen LogP contribution is 2.26. The summed E-state index contributed by atoms with van der Waals surface area (Å²) in [6, 6.07) is 14.6. The molecule has 3 aromatic rings. The van der Waals surface area contributed by atoms with E-state index in [1.165, 1.54) is 0 Å². The zero-order chi connectivity index (χ0) is 19.7. The molecular weight excluding hydrogens is 376 g/mol. The summed E-state index contributed by atoms with van der Waals surface area (Å²) < 4.78 is 1.64. The molecule has 1 aromatic heterocycles. The van der Waals surface area contributed by atoms with Crippen molar-refractivity contribution < 1.29 is 9.59 Å². The number of halogens is 1. The van der Waals surface area contributed by atoms with Gasteiger partial charge >= 0.3 is 0 Å². The van der Waals surface area contributed by atoms with Crippen LogP contribution in [0, 0.1) is 0 Å². The third-order valence-electron chi connectivity index (χ3n) is 4.79. The van der Waals surface area contributed by atoms with Crippen LogP contribution >= 0.6 is 11.6 Å². The molecule has 0 bridgehead atoms. The molecule has 0 spiro atoms. The van der Waals surface area contributed by atoms with E-state index in [0.717, 1.165) is 22.5 Å². The highest BCUT2D eigenvalue weighted by molar-refractivity contribution is 6.30. The van der Waals surface area contributed by atoms with E-state index in [9.17, 15) is 9.59 Å². The number of hydrogen-bond acceptors (Lipinski definition) is 3. The van der Waals surface area contributed by atoms with Gasteiger partial charge in [-0.15, -0.1) is 0 Å². The fourth-order valence-corrected chi connectivity index (χ4v) is 3.34. The monoisotopic (exact) mass is 394 g/mol. The summed E-state index contributed by atoms with van der Waals surface area (Å²) in [6.45, 7) is 1.93. The van der Waals surface area contributed by atoms with Gasteiger partial charge in [0, 0.05) is 23.3 Å². The van der Waals surface area contributed by atoms with Gasteiger partial charge in [-0.25, -0.2) is 4.68 Å². The number of fused-ring (bicyclic) bond motifs is 1. The topological polar surface area (TPSA) is 76.0 Å². The lowest BCUT2D eigenvalue weighted by Crippen LogP contribution is -2.27. The SMILES string of the molecule is CC(NC(=O)c1ccn(-c2ccc(Cl)cc2)n1)c1ccc2c(c1)CCC(=O)N2. The molecule has 2 amide bonds. The second-order valence-corrected chi connectivity index (χ2v) is 7.22. The van der Waals surface area contributed by atoms with Gasteiger partial charge in [0.15, 0.2) is 5.69 Å². The Bertz CT molecular complexity index is 1040. The molecule has 6 nitrogen and oxygen atoms in total. The van der Waals surface area contributed by atoms with E-state index in [1.54, 1.807) is 29.1 Å². The number of carbonyl (C=O) groups excluding carboxylic acids is 2. The Kier molecular flexibility index (Phi) is 4.88. The van der Waals surface area contributed by atoms with Crippen molar-refractivity contribution in [2.75, 3.05) is 5.32 Å². The number of nitrogens with zero attached hydrogens (tertiary/aromatic N) is 2. The van der Waals surface area contributed by atoms with Crippen LogP contribution in [-0.2, 0) is 11.2 Å². The number of anilines is 1. The van der Waals surface area contributed by atoms with Crippen molar-refractivity contribution in [1.29, 1.82) is 0 Å². The number of benzene rings is 2. The van der Waals surface area contributed by atoms with Crippen molar-refractivity contribution in [1.82, 2.24) is 15.1 Å². The number of aromatic nitrogens is 2. The maximum Gasteiger partial charge on any atom is 0.272 e. The Morgan fingerprint density at radius 3 is 2.75 bits per heavy atom. The number of aryl methyl sites for hydroxylation is 1. The Morgan fingerprint density at radius 1 is 1.18 bits per heavy atom. The molecule has 142 valence electrons. The van der Waals surface area contributed by atoms with Gasteiger partial charge in [-0.1, -0.05) is 23.7 Å². The second kappa shape index (κ2) is 7.48. The first-order valence-electron chi connectivity index (χ1n) is 9.05. The van der Waals surface area contributed by atoms with Gasteiger partial charge in [0.25, 0.3) is 5.91 Å². The highest BCUT2D eigenvalue weighted by atomic mass is 35.5. The van der Waals surface area contributed by atoms with Crippen molar-refractivity contribution in [2.45, 2.75) is 25.8 Å². The first-order valence-corrected chi connectivity index (χ1v) is 9.42. The molecule has 1 atom stereocenters. The first kappa shape index (κ1) is 18.3. The van der Waals surface area contributed by atoms with Crippen LogP contribution in [0.1, 0.15) is 41.0 Å². The molecule has 2 N–H and O–H groups in total. The summed E-state index contributed by atoms with van der Waals surface area (Å²) in [5, 5.41) is 10.8. The molecule has 28 heavy (non-hydrogen) atoms. The lowest BCUT2D eigenvalue weighted by atomic mass is 9.98. The molecule has 1 aliphatic rings. The molecule has 7 heteroatoms. The van der Waals surface area contributed by atoms with Gasteiger partial charge in [-0.3, -0.25) is 9.59 Å². The van der Waals surface area contributed by atoms with E-state index in [-0.39, 0.29) is 17.9 Å². The van der Waals surface area contributed by atoms with Crippen LogP contribution in [0.5, 0.6) is 0 Å². The lowest BCUT2D eigenvalue weighted by molar-refractivity contribution is -0.116. The van der Waals surface area contributed by atoms with Crippen LogP contribution in [0.2, 0.25) is 5.02 Å². The van der Waals surface area contributed by atoms with Crippen molar-refractivity contribution >= 4 is 29.1 Å². The molecule has 1 aliphatic heterocycles. The number of hydrogen-bond donors (Lipinski definition) is 2. The summed E-state index contributed by atoms with van der Waals surface area (Å²) in [6.07, 6.45) is 2.94. The van der Waals surface area contributed by atoms with Gasteiger partial charge in [0.1, 0.15) is 0 Å². The van der Waals surface area contributed by atoms with E-state index in [2.05, 4.69) is 15.7 Å². The summed E-state index contributed by atoms with van der Waals surface area (Å²) in [5.41, 5.74) is 4.09. The van der Waals surface area contributed by atoms with Gasteiger partial charge < -0.3 is 10.6 Å². The van der Waals surface area contributed by atoms with Crippen molar-refractivity contribution in [3.05, 3.63) is 76.6 Å². The molecule has 1 unspecified atom stereocenters. The fourth-order valence-electron chi connectivity index (χ4n) is 3.21. The number of amides is 2. The lowest BCUT2D eigenvalue weighted by Gasteiger charge is -2.20. The smallest absolute Gasteiger partial charge is 0.272 e. The molecule has 0 saturated carbocycles. The van der Waals surface area contributed by atoms with E-state index in [0.29, 0.717) is 23.6 Å². The van der Waals surface area contributed by atoms with Crippen LogP contribution in [0.25, 0.3) is 5.69 Å². The van der Waals surface area contributed by atoms with Gasteiger partial charge in [-0.2, -0.15) is 5.10 Å². The number of rotatable bonds is 4. The molecule has 0 saturated heterocycles. The maximum absolute atomic E-state index is 12.6. The van der Waals surface area contributed by atoms with E-state index in [1.807, 2.05) is 37.3 Å². The molecule has 0 radical (unpaired) electrons. The molecule has 2 aromatic carbocycles. The number of carbonyl (C=O) groups is 2. The Labute approximate surface area is 167 Å². The quantitative estimate of drug-likeness (QED) is 0.704. The van der Waals surface area contributed by atoms with Gasteiger partial charge in [0.2, 0.25) is 5.91 Å². The summed E-state index contributed by atoms with van der Waals surface area (Å²) in [7, 11) is 0. The Morgan fingerprint density at radius 2 is 1.96 bits per heavy atom.